The summed E-state index contributed by atoms with van der Waals surface area (Å²) < 4.78 is 0. The molecule has 0 aromatic heterocycles. The second-order valence-electron chi connectivity index (χ2n) is 7.08. The first kappa shape index (κ1) is 22.2. The van der Waals surface area contributed by atoms with Crippen LogP contribution < -0.4 is 10.6 Å². The molecule has 1 unspecified atom stereocenters. The second-order valence-corrected chi connectivity index (χ2v) is 7.08. The molecule has 1 aromatic rings. The molecule has 3 rings (SSSR count). The van der Waals surface area contributed by atoms with Crippen molar-refractivity contribution in [3.63, 3.8) is 0 Å². The molecule has 1 amide bonds. The van der Waals surface area contributed by atoms with Crippen LogP contribution in [-0.4, -0.2) is 37.0 Å². The van der Waals surface area contributed by atoms with Gasteiger partial charge in [0.05, 0.1) is 0 Å². The van der Waals surface area contributed by atoms with Crippen LogP contribution in [0.15, 0.2) is 24.3 Å². The van der Waals surface area contributed by atoms with E-state index in [2.05, 4.69) is 27.7 Å². The molecule has 1 aromatic carbocycles. The third-order valence-corrected chi connectivity index (χ3v) is 5.26. The molecule has 0 spiro atoms. The summed E-state index contributed by atoms with van der Waals surface area (Å²) in [5, 5.41) is 6.28. The number of benzene rings is 1. The molecule has 0 saturated carbocycles. The third kappa shape index (κ3) is 6.45. The maximum absolute atomic E-state index is 12.2. The Bertz CT molecular complexity index is 512. The molecule has 2 aliphatic rings. The van der Waals surface area contributed by atoms with E-state index in [1.807, 2.05) is 19.1 Å². The summed E-state index contributed by atoms with van der Waals surface area (Å²) in [5.41, 5.74) is 2.25. The van der Waals surface area contributed by atoms with E-state index in [1.54, 1.807) is 0 Å². The summed E-state index contributed by atoms with van der Waals surface area (Å²) >= 11 is 0. The second kappa shape index (κ2) is 11.0. The van der Waals surface area contributed by atoms with E-state index in [0.29, 0.717) is 5.92 Å². The van der Waals surface area contributed by atoms with Crippen LogP contribution in [0.5, 0.6) is 0 Å². The summed E-state index contributed by atoms with van der Waals surface area (Å²) in [4.78, 5) is 14.8. The van der Waals surface area contributed by atoms with Gasteiger partial charge in [0.25, 0.3) is 0 Å². The quantitative estimate of drug-likeness (QED) is 0.809. The van der Waals surface area contributed by atoms with Crippen LogP contribution in [0.2, 0.25) is 0 Å². The minimum Gasteiger partial charge on any atom is -0.326 e. The van der Waals surface area contributed by atoms with E-state index in [4.69, 9.17) is 0 Å². The van der Waals surface area contributed by atoms with Crippen LogP contribution >= 0.6 is 24.8 Å². The van der Waals surface area contributed by atoms with E-state index in [0.717, 1.165) is 25.3 Å². The Labute approximate surface area is 163 Å². The van der Waals surface area contributed by atoms with Crippen molar-refractivity contribution in [1.82, 2.24) is 10.2 Å². The van der Waals surface area contributed by atoms with Gasteiger partial charge in [0.2, 0.25) is 5.91 Å². The lowest BCUT2D eigenvalue weighted by Gasteiger charge is -2.31. The minimum atomic E-state index is 0. The van der Waals surface area contributed by atoms with Gasteiger partial charge in [0.15, 0.2) is 0 Å². The molecule has 6 heteroatoms. The van der Waals surface area contributed by atoms with E-state index < -0.39 is 0 Å². The number of hydrogen-bond donors (Lipinski definition) is 2. The molecule has 2 saturated heterocycles. The highest BCUT2D eigenvalue weighted by atomic mass is 35.5. The molecule has 25 heavy (non-hydrogen) atoms. The van der Waals surface area contributed by atoms with Gasteiger partial charge in [-0.1, -0.05) is 31.9 Å². The van der Waals surface area contributed by atoms with Crippen molar-refractivity contribution in [2.24, 2.45) is 11.8 Å². The molecule has 0 aliphatic carbocycles. The van der Waals surface area contributed by atoms with Crippen molar-refractivity contribution in [2.45, 2.75) is 39.2 Å². The Morgan fingerprint density at radius 2 is 1.72 bits per heavy atom. The van der Waals surface area contributed by atoms with E-state index >= 15 is 0 Å². The van der Waals surface area contributed by atoms with Gasteiger partial charge in [-0.2, -0.15) is 0 Å². The summed E-state index contributed by atoms with van der Waals surface area (Å²) in [7, 11) is 0. The molecule has 0 bridgehead atoms. The highest BCUT2D eigenvalue weighted by molar-refractivity contribution is 5.92. The SMILES string of the molecule is CC(C(=O)Nc1ccc(CN2CCCCCC2)cc1)C1CNC1.Cl.Cl. The van der Waals surface area contributed by atoms with Gasteiger partial charge in [-0.25, -0.2) is 0 Å². The molecule has 2 aliphatic heterocycles. The largest absolute Gasteiger partial charge is 0.326 e. The number of rotatable bonds is 5. The van der Waals surface area contributed by atoms with Crippen LogP contribution in [0.3, 0.4) is 0 Å². The van der Waals surface area contributed by atoms with Gasteiger partial charge in [0.1, 0.15) is 0 Å². The maximum atomic E-state index is 12.2. The predicted molar refractivity (Wildman–Crippen MR) is 109 cm³/mol. The predicted octanol–water partition coefficient (Wildman–Crippen LogP) is 3.70. The minimum absolute atomic E-state index is 0. The zero-order valence-electron chi connectivity index (χ0n) is 15.0. The molecular weight excluding hydrogens is 357 g/mol. The van der Waals surface area contributed by atoms with Crippen molar-refractivity contribution >= 4 is 36.4 Å². The average molecular weight is 388 g/mol. The number of nitrogens with one attached hydrogen (secondary N) is 2. The van der Waals surface area contributed by atoms with Crippen LogP contribution in [-0.2, 0) is 11.3 Å². The first-order valence-corrected chi connectivity index (χ1v) is 9.05. The van der Waals surface area contributed by atoms with E-state index in [9.17, 15) is 4.79 Å². The van der Waals surface area contributed by atoms with Gasteiger partial charge in [-0.3, -0.25) is 9.69 Å². The fourth-order valence-electron chi connectivity index (χ4n) is 3.38. The van der Waals surface area contributed by atoms with Crippen molar-refractivity contribution < 1.29 is 4.79 Å². The zero-order valence-corrected chi connectivity index (χ0v) is 16.6. The first-order chi connectivity index (χ1) is 11.2. The molecule has 2 heterocycles. The molecule has 142 valence electrons. The van der Waals surface area contributed by atoms with Crippen LogP contribution in [0.4, 0.5) is 5.69 Å². The molecule has 2 fully saturated rings. The van der Waals surface area contributed by atoms with Gasteiger partial charge in [-0.15, -0.1) is 24.8 Å². The number of halogens is 2. The van der Waals surface area contributed by atoms with Crippen LogP contribution in [0, 0.1) is 11.8 Å². The lowest BCUT2D eigenvalue weighted by atomic mass is 9.88. The Hall–Kier alpha value is -0.810. The Kier molecular flexibility index (Phi) is 9.80. The maximum Gasteiger partial charge on any atom is 0.227 e. The van der Waals surface area contributed by atoms with Crippen molar-refractivity contribution in [3.05, 3.63) is 29.8 Å². The standard InChI is InChI=1S/C19H29N3O.2ClH/c1-15(17-12-20-13-17)19(23)21-18-8-6-16(7-9-18)14-22-10-4-2-3-5-11-22;;/h6-9,15,17,20H,2-5,10-14H2,1H3,(H,21,23);2*1H. The number of likely N-dealkylation sites (tertiary alicyclic amines) is 1. The lowest BCUT2D eigenvalue weighted by molar-refractivity contribution is -0.121. The fourth-order valence-corrected chi connectivity index (χ4v) is 3.38. The number of hydrogen-bond acceptors (Lipinski definition) is 3. The van der Waals surface area contributed by atoms with Crippen molar-refractivity contribution in [1.29, 1.82) is 0 Å². The monoisotopic (exact) mass is 387 g/mol. The van der Waals surface area contributed by atoms with Gasteiger partial charge < -0.3 is 10.6 Å². The van der Waals surface area contributed by atoms with Crippen LogP contribution in [0.25, 0.3) is 0 Å². The zero-order chi connectivity index (χ0) is 16.1. The van der Waals surface area contributed by atoms with Gasteiger partial charge in [-0.05, 0) is 62.6 Å². The topological polar surface area (TPSA) is 44.4 Å². The Balaban J connectivity index is 0.00000156. The van der Waals surface area contributed by atoms with E-state index in [1.165, 1.54) is 44.3 Å². The van der Waals surface area contributed by atoms with Gasteiger partial charge >= 0.3 is 0 Å². The third-order valence-electron chi connectivity index (χ3n) is 5.26. The number of carbonyl (C=O) groups is 1. The summed E-state index contributed by atoms with van der Waals surface area (Å²) in [6, 6.07) is 8.37. The molecule has 0 radical (unpaired) electrons. The molecule has 4 nitrogen and oxygen atoms in total. The Morgan fingerprint density at radius 1 is 1.12 bits per heavy atom. The fraction of sp³-hybridized carbons (Fsp3) is 0.632. The summed E-state index contributed by atoms with van der Waals surface area (Å²) in [5.74, 6) is 0.696. The van der Waals surface area contributed by atoms with Crippen molar-refractivity contribution in [3.8, 4) is 0 Å². The van der Waals surface area contributed by atoms with Crippen LogP contribution in [0.1, 0.15) is 38.2 Å². The Morgan fingerprint density at radius 3 is 2.24 bits per heavy atom. The number of anilines is 1. The normalized spacial score (nSPS) is 19.6. The number of amides is 1. The number of nitrogens with zero attached hydrogens (tertiary/aromatic N) is 1. The van der Waals surface area contributed by atoms with E-state index in [-0.39, 0.29) is 36.6 Å². The molecule has 1 atom stereocenters. The summed E-state index contributed by atoms with van der Waals surface area (Å²) in [6.07, 6.45) is 5.39. The molecular formula is C19H31Cl2N3O. The highest BCUT2D eigenvalue weighted by Crippen LogP contribution is 2.19. The highest BCUT2D eigenvalue weighted by Gasteiger charge is 2.28. The number of carbonyl (C=O) groups excluding carboxylic acids is 1. The van der Waals surface area contributed by atoms with Crippen molar-refractivity contribution in [2.75, 3.05) is 31.5 Å². The smallest absolute Gasteiger partial charge is 0.227 e. The molecule has 2 N–H and O–H groups in total. The lowest BCUT2D eigenvalue weighted by Crippen LogP contribution is -2.48. The summed E-state index contributed by atoms with van der Waals surface area (Å²) in [6.45, 7) is 7.40. The first-order valence-electron chi connectivity index (χ1n) is 9.05. The van der Waals surface area contributed by atoms with Gasteiger partial charge in [0, 0.05) is 18.2 Å². The average Bonchev–Trinajstić information content (AvgIpc) is 2.76.